The molecule has 2 bridgehead atoms. The van der Waals surface area contributed by atoms with Gasteiger partial charge in [-0.05, 0) is 46.8 Å². The van der Waals surface area contributed by atoms with Crippen LogP contribution in [0.15, 0.2) is 10.7 Å². The Morgan fingerprint density at radius 1 is 1.23 bits per heavy atom. The van der Waals surface area contributed by atoms with E-state index < -0.39 is 5.82 Å². The second-order valence-electron chi connectivity index (χ2n) is 8.13. The van der Waals surface area contributed by atoms with E-state index in [9.17, 15) is 0 Å². The van der Waals surface area contributed by atoms with Crippen LogP contribution in [-0.4, -0.2) is 70.1 Å². The van der Waals surface area contributed by atoms with Crippen molar-refractivity contribution in [3.05, 3.63) is 21.8 Å². The standard InChI is InChI=1S/C20H23BrClFN6O/c1-27-10-13-14-18(16(23)15(21)17(13)26-27)24-20(22)25-19(14)29-11-4-5-12(29)9-28(8-11)6-3-7-30-2/h10-12H,3-9H2,1-2H3. The summed E-state index contributed by atoms with van der Waals surface area (Å²) in [5.41, 5.74) is 0.805. The number of rotatable bonds is 5. The van der Waals surface area contributed by atoms with E-state index in [1.165, 1.54) is 0 Å². The van der Waals surface area contributed by atoms with Crippen LogP contribution in [0.1, 0.15) is 19.3 Å². The molecule has 1 aromatic carbocycles. The lowest BCUT2D eigenvalue weighted by atomic mass is 10.1. The minimum absolute atomic E-state index is 0.0634. The van der Waals surface area contributed by atoms with Gasteiger partial charge in [0.1, 0.15) is 16.9 Å². The molecule has 0 aliphatic carbocycles. The third-order valence-electron chi connectivity index (χ3n) is 6.19. The Kier molecular flexibility index (Phi) is 5.33. The highest BCUT2D eigenvalue weighted by atomic mass is 79.9. The van der Waals surface area contributed by atoms with Crippen LogP contribution < -0.4 is 4.90 Å². The number of fused-ring (bicyclic) bond motifs is 5. The number of ether oxygens (including phenoxy) is 1. The molecule has 160 valence electrons. The van der Waals surface area contributed by atoms with Crippen molar-refractivity contribution in [2.24, 2.45) is 7.05 Å². The van der Waals surface area contributed by atoms with Crippen molar-refractivity contribution >= 4 is 55.2 Å². The molecule has 0 radical (unpaired) electrons. The summed E-state index contributed by atoms with van der Waals surface area (Å²) in [5, 5.41) is 6.02. The average Bonchev–Trinajstić information content (AvgIpc) is 3.22. The normalized spacial score (nSPS) is 22.0. The Bertz CT molecular complexity index is 1110. The molecule has 2 unspecified atom stereocenters. The number of benzene rings is 1. The maximum Gasteiger partial charge on any atom is 0.225 e. The second kappa shape index (κ2) is 7.85. The molecular formula is C20H23BrClFN6O. The number of aromatic nitrogens is 4. The van der Waals surface area contributed by atoms with Crippen molar-refractivity contribution < 1.29 is 9.13 Å². The molecule has 4 heterocycles. The van der Waals surface area contributed by atoms with Crippen LogP contribution in [0.3, 0.4) is 0 Å². The fraction of sp³-hybridized carbons (Fsp3) is 0.550. The van der Waals surface area contributed by atoms with Crippen molar-refractivity contribution in [3.8, 4) is 0 Å². The largest absolute Gasteiger partial charge is 0.385 e. The number of hydrogen-bond donors (Lipinski definition) is 0. The molecular weight excluding hydrogens is 475 g/mol. The molecule has 0 spiro atoms. The van der Waals surface area contributed by atoms with Gasteiger partial charge in [-0.15, -0.1) is 0 Å². The molecule has 2 saturated heterocycles. The Labute approximate surface area is 187 Å². The molecule has 3 aromatic rings. The monoisotopic (exact) mass is 496 g/mol. The third kappa shape index (κ3) is 3.26. The molecule has 30 heavy (non-hydrogen) atoms. The van der Waals surface area contributed by atoms with E-state index in [0.29, 0.717) is 27.5 Å². The highest BCUT2D eigenvalue weighted by Gasteiger charge is 2.41. The number of nitrogens with zero attached hydrogens (tertiary/aromatic N) is 6. The van der Waals surface area contributed by atoms with E-state index in [0.717, 1.165) is 56.7 Å². The van der Waals surface area contributed by atoms with Crippen molar-refractivity contribution in [1.29, 1.82) is 0 Å². The zero-order valence-corrected chi connectivity index (χ0v) is 19.2. The number of aryl methyl sites for hydroxylation is 1. The maximum atomic E-state index is 15.2. The lowest BCUT2D eigenvalue weighted by Gasteiger charge is -2.42. The van der Waals surface area contributed by atoms with E-state index >= 15 is 4.39 Å². The predicted octanol–water partition coefficient (Wildman–Crippen LogP) is 3.76. The van der Waals surface area contributed by atoms with Crippen molar-refractivity contribution in [2.75, 3.05) is 38.3 Å². The second-order valence-corrected chi connectivity index (χ2v) is 9.26. The Morgan fingerprint density at radius 2 is 1.97 bits per heavy atom. The van der Waals surface area contributed by atoms with Crippen LogP contribution in [0, 0.1) is 5.82 Å². The Hall–Kier alpha value is -1.55. The molecule has 2 fully saturated rings. The van der Waals surface area contributed by atoms with Crippen molar-refractivity contribution in [2.45, 2.75) is 31.3 Å². The number of likely N-dealkylation sites (tertiary alicyclic amines) is 1. The zero-order chi connectivity index (χ0) is 21.0. The Balaban J connectivity index is 1.62. The van der Waals surface area contributed by atoms with Gasteiger partial charge >= 0.3 is 0 Å². The lowest BCUT2D eigenvalue weighted by Crippen LogP contribution is -2.54. The van der Waals surface area contributed by atoms with E-state index in [-0.39, 0.29) is 10.8 Å². The summed E-state index contributed by atoms with van der Waals surface area (Å²) in [6, 6.07) is 0.637. The molecule has 2 atom stereocenters. The number of halogens is 3. The summed E-state index contributed by atoms with van der Waals surface area (Å²) in [7, 11) is 3.57. The highest BCUT2D eigenvalue weighted by Crippen LogP contribution is 2.42. The molecule has 5 rings (SSSR count). The first-order chi connectivity index (χ1) is 14.5. The van der Waals surface area contributed by atoms with Crippen molar-refractivity contribution in [3.63, 3.8) is 0 Å². The van der Waals surface area contributed by atoms with E-state index in [4.69, 9.17) is 16.3 Å². The molecule has 0 saturated carbocycles. The third-order valence-corrected chi connectivity index (χ3v) is 7.09. The summed E-state index contributed by atoms with van der Waals surface area (Å²) < 4.78 is 22.4. The van der Waals surface area contributed by atoms with Gasteiger partial charge in [0.2, 0.25) is 5.28 Å². The molecule has 10 heteroatoms. The van der Waals surface area contributed by atoms with E-state index in [1.54, 1.807) is 11.8 Å². The first kappa shape index (κ1) is 20.4. The number of methoxy groups -OCH3 is 1. The molecule has 0 N–H and O–H groups in total. The highest BCUT2D eigenvalue weighted by molar-refractivity contribution is 9.10. The SMILES string of the molecule is COCCCN1CC2CCC(C1)N2c1nc(Cl)nc2c(F)c(Br)c3nn(C)cc3c12. The summed E-state index contributed by atoms with van der Waals surface area (Å²) in [5.74, 6) is 0.269. The fourth-order valence-corrected chi connectivity index (χ4v) is 5.65. The van der Waals surface area contributed by atoms with Gasteiger partial charge in [-0.25, -0.2) is 9.37 Å². The van der Waals surface area contributed by atoms with Gasteiger partial charge < -0.3 is 9.64 Å². The summed E-state index contributed by atoms with van der Waals surface area (Å²) in [6.45, 7) is 3.71. The molecule has 0 amide bonds. The van der Waals surface area contributed by atoms with Gasteiger partial charge in [-0.1, -0.05) is 0 Å². The van der Waals surface area contributed by atoms with Crippen LogP contribution in [-0.2, 0) is 11.8 Å². The fourth-order valence-electron chi connectivity index (χ4n) is 5.01. The molecule has 2 aliphatic rings. The lowest BCUT2D eigenvalue weighted by molar-refractivity contribution is 0.159. The van der Waals surface area contributed by atoms with Gasteiger partial charge in [0.05, 0.1) is 9.86 Å². The van der Waals surface area contributed by atoms with Crippen molar-refractivity contribution in [1.82, 2.24) is 24.6 Å². The van der Waals surface area contributed by atoms with Gasteiger partial charge in [0.25, 0.3) is 0 Å². The minimum atomic E-state index is -0.452. The zero-order valence-electron chi connectivity index (χ0n) is 16.9. The topological polar surface area (TPSA) is 59.3 Å². The van der Waals surface area contributed by atoms with Gasteiger partial charge in [-0.3, -0.25) is 9.58 Å². The van der Waals surface area contributed by atoms with Gasteiger partial charge in [0, 0.05) is 64.1 Å². The summed E-state index contributed by atoms with van der Waals surface area (Å²) in [6.07, 6.45) is 5.09. The van der Waals surface area contributed by atoms with Crippen LogP contribution in [0.4, 0.5) is 10.2 Å². The minimum Gasteiger partial charge on any atom is -0.385 e. The number of anilines is 1. The van der Waals surface area contributed by atoms with E-state index in [2.05, 4.69) is 40.8 Å². The molecule has 7 nitrogen and oxygen atoms in total. The van der Waals surface area contributed by atoms with Gasteiger partial charge in [0.15, 0.2) is 5.82 Å². The summed E-state index contributed by atoms with van der Waals surface area (Å²) in [4.78, 5) is 13.7. The number of piperazine rings is 1. The smallest absolute Gasteiger partial charge is 0.225 e. The molecule has 2 aromatic heterocycles. The molecule has 2 aliphatic heterocycles. The van der Waals surface area contributed by atoms with Crippen LogP contribution in [0.5, 0.6) is 0 Å². The summed E-state index contributed by atoms with van der Waals surface area (Å²) >= 11 is 9.63. The van der Waals surface area contributed by atoms with Crippen LogP contribution >= 0.6 is 27.5 Å². The first-order valence-corrected chi connectivity index (χ1v) is 11.3. The first-order valence-electron chi connectivity index (χ1n) is 10.1. The quantitative estimate of drug-likeness (QED) is 0.395. The maximum absolute atomic E-state index is 15.2. The number of hydrogen-bond acceptors (Lipinski definition) is 6. The van der Waals surface area contributed by atoms with E-state index in [1.807, 2.05) is 13.2 Å². The predicted molar refractivity (Wildman–Crippen MR) is 119 cm³/mol. The average molecular weight is 498 g/mol. The Morgan fingerprint density at radius 3 is 2.67 bits per heavy atom. The van der Waals surface area contributed by atoms with Crippen LogP contribution in [0.2, 0.25) is 5.28 Å². The van der Waals surface area contributed by atoms with Crippen LogP contribution in [0.25, 0.3) is 21.8 Å². The van der Waals surface area contributed by atoms with Gasteiger partial charge in [-0.2, -0.15) is 10.1 Å².